The van der Waals surface area contributed by atoms with Gasteiger partial charge in [0.15, 0.2) is 5.13 Å². The van der Waals surface area contributed by atoms with Crippen molar-refractivity contribution in [1.29, 1.82) is 0 Å². The number of hydrogen-bond donors (Lipinski definition) is 2. The van der Waals surface area contributed by atoms with Crippen molar-refractivity contribution in [2.45, 2.75) is 45.4 Å². The Balaban J connectivity index is 1.46. The molecule has 0 aliphatic carbocycles. The Morgan fingerprint density at radius 2 is 2.16 bits per heavy atom. The first kappa shape index (κ1) is 22.2. The fourth-order valence-corrected chi connectivity index (χ4v) is 4.15. The molecule has 4 rings (SSSR count). The summed E-state index contributed by atoms with van der Waals surface area (Å²) in [4.78, 5) is 32.9. The van der Waals surface area contributed by atoms with Crippen LogP contribution in [0.15, 0.2) is 24.4 Å². The lowest BCUT2D eigenvalue weighted by atomic mass is 10.2. The van der Waals surface area contributed by atoms with Crippen LogP contribution in [0.4, 0.5) is 21.7 Å². The van der Waals surface area contributed by atoms with Crippen molar-refractivity contribution < 1.29 is 14.3 Å². The number of methoxy groups -OCH3 is 1. The summed E-state index contributed by atoms with van der Waals surface area (Å²) in [5.74, 6) is 1.08. The van der Waals surface area contributed by atoms with E-state index in [-0.39, 0.29) is 12.1 Å². The number of anilines is 3. The highest BCUT2D eigenvalue weighted by Crippen LogP contribution is 2.27. The molecule has 1 aliphatic rings. The van der Waals surface area contributed by atoms with Crippen molar-refractivity contribution in [3.8, 4) is 0 Å². The van der Waals surface area contributed by atoms with Gasteiger partial charge in [-0.2, -0.15) is 4.98 Å². The summed E-state index contributed by atoms with van der Waals surface area (Å²) in [6.07, 6.45) is 2.22. The van der Waals surface area contributed by atoms with Gasteiger partial charge in [-0.05, 0) is 39.3 Å². The molecule has 10 nitrogen and oxygen atoms in total. The molecule has 1 aliphatic heterocycles. The number of hydrogen-bond acceptors (Lipinski definition) is 10. The van der Waals surface area contributed by atoms with E-state index in [1.165, 1.54) is 11.3 Å². The summed E-state index contributed by atoms with van der Waals surface area (Å²) in [5.41, 5.74) is 1.04. The van der Waals surface area contributed by atoms with Crippen molar-refractivity contribution in [3.63, 3.8) is 0 Å². The van der Waals surface area contributed by atoms with Crippen molar-refractivity contribution in [1.82, 2.24) is 24.8 Å². The summed E-state index contributed by atoms with van der Waals surface area (Å²) >= 11 is 1.45. The van der Waals surface area contributed by atoms with Gasteiger partial charge >= 0.3 is 6.09 Å². The molecule has 170 valence electrons. The summed E-state index contributed by atoms with van der Waals surface area (Å²) in [7, 11) is 1.62. The minimum atomic E-state index is -0.517. The van der Waals surface area contributed by atoms with Crippen LogP contribution in [0.1, 0.15) is 32.9 Å². The molecule has 0 aromatic carbocycles. The summed E-state index contributed by atoms with van der Waals surface area (Å²) in [5, 5.41) is 7.29. The van der Waals surface area contributed by atoms with Crippen LogP contribution >= 0.6 is 11.3 Å². The van der Waals surface area contributed by atoms with E-state index < -0.39 is 5.60 Å². The highest BCUT2D eigenvalue weighted by molar-refractivity contribution is 7.21. The van der Waals surface area contributed by atoms with Crippen LogP contribution in [-0.2, 0) is 16.1 Å². The Morgan fingerprint density at radius 3 is 2.91 bits per heavy atom. The highest BCUT2D eigenvalue weighted by Gasteiger charge is 2.30. The molecule has 4 heterocycles. The van der Waals surface area contributed by atoms with E-state index in [9.17, 15) is 4.79 Å². The highest BCUT2D eigenvalue weighted by atomic mass is 32.1. The standard InChI is InChI=1S/C21H27N7O3S/c1-21(2,3)31-20(29)28-9-7-13(11-28)23-18-24-14(12-30-4)10-16(26-18)27-19-25-15-6-5-8-22-17(15)32-19/h5-6,8,10,13H,7,9,11-12H2,1-4H3,(H2,23,24,25,26,27)/t13-/m0/s1. The van der Waals surface area contributed by atoms with E-state index in [4.69, 9.17) is 9.47 Å². The third-order valence-corrected chi connectivity index (χ3v) is 5.54. The van der Waals surface area contributed by atoms with Crippen LogP contribution in [0, 0.1) is 0 Å². The first-order valence-electron chi connectivity index (χ1n) is 10.4. The average Bonchev–Trinajstić information content (AvgIpc) is 3.33. The molecule has 1 fully saturated rings. The first-order valence-corrected chi connectivity index (χ1v) is 11.2. The molecule has 0 bridgehead atoms. The molecule has 32 heavy (non-hydrogen) atoms. The predicted molar refractivity (Wildman–Crippen MR) is 123 cm³/mol. The van der Waals surface area contributed by atoms with Crippen LogP contribution in [0.5, 0.6) is 0 Å². The van der Waals surface area contributed by atoms with E-state index in [0.29, 0.717) is 36.6 Å². The topological polar surface area (TPSA) is 114 Å². The lowest BCUT2D eigenvalue weighted by Gasteiger charge is -2.24. The number of carbonyl (C=O) groups excluding carboxylic acids is 1. The number of thiazole rings is 1. The molecule has 0 radical (unpaired) electrons. The molecule has 0 unspecified atom stereocenters. The van der Waals surface area contributed by atoms with E-state index in [1.54, 1.807) is 18.2 Å². The number of nitrogens with one attached hydrogen (secondary N) is 2. The van der Waals surface area contributed by atoms with Crippen molar-refractivity contribution in [3.05, 3.63) is 30.1 Å². The number of fused-ring (bicyclic) bond motifs is 1. The van der Waals surface area contributed by atoms with Gasteiger partial charge in [-0.3, -0.25) is 0 Å². The first-order chi connectivity index (χ1) is 15.3. The molecule has 0 spiro atoms. The Bertz CT molecular complexity index is 1070. The lowest BCUT2D eigenvalue weighted by Crippen LogP contribution is -2.36. The smallest absolute Gasteiger partial charge is 0.410 e. The number of carbonyl (C=O) groups is 1. The number of likely N-dealkylation sites (tertiary alicyclic amines) is 1. The molecule has 2 N–H and O–H groups in total. The van der Waals surface area contributed by atoms with Crippen LogP contribution < -0.4 is 10.6 Å². The Hall–Kier alpha value is -3.05. The van der Waals surface area contributed by atoms with Crippen LogP contribution in [0.2, 0.25) is 0 Å². The van der Waals surface area contributed by atoms with Crippen LogP contribution in [0.3, 0.4) is 0 Å². The zero-order valence-electron chi connectivity index (χ0n) is 18.6. The quantitative estimate of drug-likeness (QED) is 0.570. The molecule has 3 aromatic heterocycles. The summed E-state index contributed by atoms with van der Waals surface area (Å²) in [6.45, 7) is 7.08. The van der Waals surface area contributed by atoms with E-state index in [0.717, 1.165) is 22.5 Å². The molecule has 1 atom stereocenters. The number of ether oxygens (including phenoxy) is 2. The fourth-order valence-electron chi connectivity index (χ4n) is 3.33. The number of aromatic nitrogens is 4. The Kier molecular flexibility index (Phi) is 6.38. The normalized spacial score (nSPS) is 16.4. The monoisotopic (exact) mass is 457 g/mol. The molecule has 3 aromatic rings. The van der Waals surface area contributed by atoms with Gasteiger partial charge in [-0.15, -0.1) is 0 Å². The SMILES string of the molecule is COCc1cc(Nc2nc3cccnc3s2)nc(N[C@H]2CCN(C(=O)OC(C)(C)C)C2)n1. The minimum Gasteiger partial charge on any atom is -0.444 e. The Morgan fingerprint density at radius 1 is 1.31 bits per heavy atom. The van der Waals surface area contributed by atoms with E-state index in [1.807, 2.05) is 39.0 Å². The molecule has 11 heteroatoms. The third-order valence-electron chi connectivity index (χ3n) is 4.65. The summed E-state index contributed by atoms with van der Waals surface area (Å²) in [6, 6.07) is 5.64. The average molecular weight is 458 g/mol. The van der Waals surface area contributed by atoms with E-state index >= 15 is 0 Å². The van der Waals surface area contributed by atoms with Gasteiger partial charge < -0.3 is 25.0 Å². The molecular weight excluding hydrogens is 430 g/mol. The van der Waals surface area contributed by atoms with E-state index in [2.05, 4.69) is 30.6 Å². The zero-order valence-corrected chi connectivity index (χ0v) is 19.4. The van der Waals surface area contributed by atoms with Gasteiger partial charge in [0.2, 0.25) is 5.95 Å². The second-order valence-electron chi connectivity index (χ2n) is 8.53. The van der Waals surface area contributed by atoms with Crippen molar-refractivity contribution >= 4 is 44.7 Å². The number of rotatable bonds is 6. The number of nitrogens with zero attached hydrogens (tertiary/aromatic N) is 5. The molecule has 1 saturated heterocycles. The van der Waals surface area contributed by atoms with Crippen molar-refractivity contribution in [2.75, 3.05) is 30.8 Å². The fraction of sp³-hybridized carbons (Fsp3) is 0.476. The number of pyridine rings is 1. The second kappa shape index (κ2) is 9.21. The Labute approximate surface area is 190 Å². The van der Waals surface area contributed by atoms with Gasteiger partial charge in [0.1, 0.15) is 21.8 Å². The van der Waals surface area contributed by atoms with Crippen LogP contribution in [-0.4, -0.2) is 62.8 Å². The predicted octanol–water partition coefficient (Wildman–Crippen LogP) is 3.79. The zero-order chi connectivity index (χ0) is 22.7. The van der Waals surface area contributed by atoms with Gasteiger partial charge in [-0.25, -0.2) is 19.7 Å². The maximum absolute atomic E-state index is 12.3. The maximum atomic E-state index is 12.3. The third kappa shape index (κ3) is 5.60. The molecule has 0 saturated carbocycles. The number of amides is 1. The molecule has 1 amide bonds. The van der Waals surface area contributed by atoms with Crippen molar-refractivity contribution in [2.24, 2.45) is 0 Å². The van der Waals surface area contributed by atoms with Gasteiger partial charge in [0.05, 0.1) is 12.3 Å². The van der Waals surface area contributed by atoms with Crippen LogP contribution in [0.25, 0.3) is 10.3 Å². The maximum Gasteiger partial charge on any atom is 0.410 e. The minimum absolute atomic E-state index is 0.0276. The second-order valence-corrected chi connectivity index (χ2v) is 9.51. The lowest BCUT2D eigenvalue weighted by molar-refractivity contribution is 0.0293. The van der Waals surface area contributed by atoms with Gasteiger partial charge in [0.25, 0.3) is 0 Å². The largest absolute Gasteiger partial charge is 0.444 e. The molecular formula is C21H27N7O3S. The summed E-state index contributed by atoms with van der Waals surface area (Å²) < 4.78 is 10.7. The van der Waals surface area contributed by atoms with Gasteiger partial charge in [0, 0.05) is 38.5 Å². The van der Waals surface area contributed by atoms with Gasteiger partial charge in [-0.1, -0.05) is 11.3 Å².